The molecule has 5 heteroatoms. The molecule has 1 atom stereocenters. The van der Waals surface area contributed by atoms with Crippen molar-refractivity contribution >= 4 is 49.9 Å². The van der Waals surface area contributed by atoms with Gasteiger partial charge < -0.3 is 10.1 Å². The van der Waals surface area contributed by atoms with Crippen LogP contribution in [-0.4, -0.2) is 13.2 Å². The van der Waals surface area contributed by atoms with E-state index in [2.05, 4.69) is 74.3 Å². The van der Waals surface area contributed by atoms with Crippen molar-refractivity contribution in [2.45, 2.75) is 26.3 Å². The van der Waals surface area contributed by atoms with Crippen LogP contribution in [-0.2, 0) is 0 Å². The first-order chi connectivity index (χ1) is 10.2. The van der Waals surface area contributed by atoms with Crippen molar-refractivity contribution in [3.05, 3.63) is 48.1 Å². The third-order valence-corrected chi connectivity index (χ3v) is 5.61. The highest BCUT2D eigenvalue weighted by molar-refractivity contribution is 14.1. The van der Waals surface area contributed by atoms with Crippen molar-refractivity contribution in [3.8, 4) is 5.75 Å². The highest BCUT2D eigenvalue weighted by Gasteiger charge is 2.18. The quantitative estimate of drug-likeness (QED) is 0.521. The molecule has 0 spiro atoms. The molecule has 0 aliphatic heterocycles. The second-order valence-electron chi connectivity index (χ2n) is 4.69. The fraction of sp³-hybridized carbons (Fsp3) is 0.375. The Morgan fingerprint density at radius 1 is 1.33 bits per heavy atom. The number of thiophene rings is 1. The van der Waals surface area contributed by atoms with Crippen LogP contribution in [0.1, 0.15) is 37.4 Å². The van der Waals surface area contributed by atoms with Crippen LogP contribution < -0.4 is 10.1 Å². The Morgan fingerprint density at radius 3 is 2.71 bits per heavy atom. The van der Waals surface area contributed by atoms with Crippen LogP contribution in [0.2, 0.25) is 0 Å². The van der Waals surface area contributed by atoms with Gasteiger partial charge in [-0.3, -0.25) is 0 Å². The van der Waals surface area contributed by atoms with Gasteiger partial charge in [0.25, 0.3) is 0 Å². The number of ether oxygens (including phenoxy) is 1. The van der Waals surface area contributed by atoms with Gasteiger partial charge in [0.15, 0.2) is 0 Å². The Bertz CT molecular complexity index is 587. The maximum atomic E-state index is 5.56. The van der Waals surface area contributed by atoms with Gasteiger partial charge in [-0.15, -0.1) is 11.3 Å². The SMILES string of the molecule is CCCNC(c1csc(I)c1)c1ccc(OCC)cc1Br. The van der Waals surface area contributed by atoms with Crippen molar-refractivity contribution < 1.29 is 4.74 Å². The van der Waals surface area contributed by atoms with E-state index in [9.17, 15) is 0 Å². The lowest BCUT2D eigenvalue weighted by molar-refractivity contribution is 0.340. The van der Waals surface area contributed by atoms with E-state index in [1.165, 1.54) is 14.0 Å². The summed E-state index contributed by atoms with van der Waals surface area (Å²) >= 11 is 7.86. The highest BCUT2D eigenvalue weighted by Crippen LogP contribution is 2.33. The zero-order valence-corrected chi connectivity index (χ0v) is 16.7. The average molecular weight is 480 g/mol. The summed E-state index contributed by atoms with van der Waals surface area (Å²) in [5, 5.41) is 5.87. The van der Waals surface area contributed by atoms with Crippen LogP contribution in [0.3, 0.4) is 0 Å². The highest BCUT2D eigenvalue weighted by atomic mass is 127. The van der Waals surface area contributed by atoms with Crippen molar-refractivity contribution in [1.82, 2.24) is 5.32 Å². The zero-order chi connectivity index (χ0) is 15.2. The number of hydrogen-bond acceptors (Lipinski definition) is 3. The molecule has 114 valence electrons. The monoisotopic (exact) mass is 479 g/mol. The van der Waals surface area contributed by atoms with Crippen molar-refractivity contribution in [2.75, 3.05) is 13.2 Å². The molecule has 1 aromatic carbocycles. The Hall–Kier alpha value is -0.110. The molecule has 0 saturated carbocycles. The molecule has 0 amide bonds. The number of rotatable bonds is 7. The molecule has 0 saturated heterocycles. The Labute approximate surface area is 152 Å². The maximum absolute atomic E-state index is 5.56. The van der Waals surface area contributed by atoms with Crippen molar-refractivity contribution in [2.24, 2.45) is 0 Å². The van der Waals surface area contributed by atoms with E-state index in [1.807, 2.05) is 13.0 Å². The summed E-state index contributed by atoms with van der Waals surface area (Å²) < 4.78 is 7.96. The fourth-order valence-electron chi connectivity index (χ4n) is 2.17. The van der Waals surface area contributed by atoms with Gasteiger partial charge in [0.05, 0.1) is 15.5 Å². The van der Waals surface area contributed by atoms with Gasteiger partial charge in [0, 0.05) is 4.47 Å². The number of nitrogens with one attached hydrogen (secondary N) is 1. The Balaban J connectivity index is 2.32. The second kappa shape index (κ2) is 8.50. The standard InChI is InChI=1S/C16H19BrINOS/c1-3-7-19-16(11-8-15(18)21-10-11)13-6-5-12(20-4-2)9-14(13)17/h5-6,8-10,16,19H,3-4,7H2,1-2H3. The topological polar surface area (TPSA) is 21.3 Å². The molecule has 0 bridgehead atoms. The van der Waals surface area contributed by atoms with Gasteiger partial charge >= 0.3 is 0 Å². The first kappa shape index (κ1) is 17.2. The lowest BCUT2D eigenvalue weighted by Gasteiger charge is -2.20. The summed E-state index contributed by atoms with van der Waals surface area (Å²) in [6.45, 7) is 5.87. The lowest BCUT2D eigenvalue weighted by Crippen LogP contribution is -2.23. The van der Waals surface area contributed by atoms with Crippen LogP contribution in [0.4, 0.5) is 0 Å². The van der Waals surface area contributed by atoms with Crippen LogP contribution in [0.15, 0.2) is 34.1 Å². The third-order valence-electron chi connectivity index (χ3n) is 3.11. The minimum absolute atomic E-state index is 0.217. The van der Waals surface area contributed by atoms with Crippen LogP contribution in [0, 0.1) is 2.88 Å². The second-order valence-corrected chi connectivity index (χ2v) is 8.35. The lowest BCUT2D eigenvalue weighted by atomic mass is 10.0. The summed E-state index contributed by atoms with van der Waals surface area (Å²) in [6, 6.07) is 8.71. The van der Waals surface area contributed by atoms with Crippen LogP contribution >= 0.6 is 49.9 Å². The largest absolute Gasteiger partial charge is 0.494 e. The Kier molecular flexibility index (Phi) is 6.98. The first-order valence-corrected chi connectivity index (χ1v) is 9.80. The van der Waals surface area contributed by atoms with Gasteiger partial charge in [0.1, 0.15) is 5.75 Å². The van der Waals surface area contributed by atoms with Gasteiger partial charge in [-0.25, -0.2) is 0 Å². The van der Waals surface area contributed by atoms with E-state index >= 15 is 0 Å². The minimum atomic E-state index is 0.217. The third kappa shape index (κ3) is 4.68. The normalized spacial score (nSPS) is 12.4. The average Bonchev–Trinajstić information content (AvgIpc) is 2.88. The first-order valence-electron chi connectivity index (χ1n) is 7.05. The summed E-state index contributed by atoms with van der Waals surface area (Å²) in [6.07, 6.45) is 1.12. The molecule has 2 nitrogen and oxygen atoms in total. The summed E-state index contributed by atoms with van der Waals surface area (Å²) in [5.74, 6) is 0.905. The van der Waals surface area contributed by atoms with E-state index in [-0.39, 0.29) is 6.04 Å². The van der Waals surface area contributed by atoms with E-state index in [1.54, 1.807) is 11.3 Å². The number of hydrogen-bond donors (Lipinski definition) is 1. The molecular formula is C16H19BrINOS. The van der Waals surface area contributed by atoms with Gasteiger partial charge in [-0.2, -0.15) is 0 Å². The Morgan fingerprint density at radius 2 is 2.14 bits per heavy atom. The molecule has 0 radical (unpaired) electrons. The molecule has 1 unspecified atom stereocenters. The summed E-state index contributed by atoms with van der Waals surface area (Å²) in [4.78, 5) is 0. The van der Waals surface area contributed by atoms with Gasteiger partial charge in [0.2, 0.25) is 0 Å². The molecule has 2 aromatic rings. The predicted octanol–water partition coefficient (Wildman–Crippen LogP) is 5.60. The fourth-order valence-corrected chi connectivity index (χ4v) is 4.15. The van der Waals surface area contributed by atoms with Crippen molar-refractivity contribution in [3.63, 3.8) is 0 Å². The van der Waals surface area contributed by atoms with Crippen LogP contribution in [0.5, 0.6) is 5.75 Å². The van der Waals surface area contributed by atoms with E-state index in [0.29, 0.717) is 6.61 Å². The zero-order valence-electron chi connectivity index (χ0n) is 12.2. The molecule has 1 heterocycles. The minimum Gasteiger partial charge on any atom is -0.494 e. The van der Waals surface area contributed by atoms with E-state index in [0.717, 1.165) is 23.2 Å². The molecule has 2 rings (SSSR count). The molecule has 0 fully saturated rings. The molecule has 1 N–H and O–H groups in total. The molecule has 0 aliphatic rings. The number of benzene rings is 1. The van der Waals surface area contributed by atoms with Crippen molar-refractivity contribution in [1.29, 1.82) is 0 Å². The van der Waals surface area contributed by atoms with E-state index < -0.39 is 0 Å². The van der Waals surface area contributed by atoms with Crippen LogP contribution in [0.25, 0.3) is 0 Å². The molecule has 1 aromatic heterocycles. The summed E-state index contributed by atoms with van der Waals surface area (Å²) in [7, 11) is 0. The predicted molar refractivity (Wildman–Crippen MR) is 102 cm³/mol. The molecular weight excluding hydrogens is 461 g/mol. The molecule has 21 heavy (non-hydrogen) atoms. The smallest absolute Gasteiger partial charge is 0.120 e. The number of halogens is 2. The maximum Gasteiger partial charge on any atom is 0.120 e. The molecule has 0 aliphatic carbocycles. The summed E-state index contributed by atoms with van der Waals surface area (Å²) in [5.41, 5.74) is 2.57. The van der Waals surface area contributed by atoms with Gasteiger partial charge in [-0.05, 0) is 77.2 Å². The van der Waals surface area contributed by atoms with E-state index in [4.69, 9.17) is 4.74 Å². The van der Waals surface area contributed by atoms with Gasteiger partial charge in [-0.1, -0.05) is 28.9 Å².